The molecule has 28 heavy (non-hydrogen) atoms. The highest BCUT2D eigenvalue weighted by atomic mass is 16.2. The number of rotatable bonds is 3. The van der Waals surface area contributed by atoms with E-state index in [0.717, 1.165) is 22.4 Å². The molecule has 0 aliphatic heterocycles. The standard InChI is InChI=1S/C21H27N5O2/c1-12-8-13(2)18(14(3)9-12)23-17(27)11-25-20(28)19-16(15(4)24-25)10-22-26(19)21(5,6)7/h8-10H,11H2,1-7H3,(H,23,27). The Bertz CT molecular complexity index is 1110. The van der Waals surface area contributed by atoms with Gasteiger partial charge in [-0.05, 0) is 59.6 Å². The molecule has 2 heterocycles. The lowest BCUT2D eigenvalue weighted by Gasteiger charge is -2.20. The largest absolute Gasteiger partial charge is 0.324 e. The van der Waals surface area contributed by atoms with E-state index in [4.69, 9.17) is 0 Å². The second kappa shape index (κ2) is 6.89. The lowest BCUT2D eigenvalue weighted by Crippen LogP contribution is -2.33. The highest BCUT2D eigenvalue weighted by Gasteiger charge is 2.22. The van der Waals surface area contributed by atoms with Gasteiger partial charge in [0.15, 0.2) is 0 Å². The number of aryl methyl sites for hydroxylation is 4. The molecule has 0 fully saturated rings. The summed E-state index contributed by atoms with van der Waals surface area (Å²) in [4.78, 5) is 25.7. The normalized spacial score (nSPS) is 11.8. The first-order valence-corrected chi connectivity index (χ1v) is 9.32. The van der Waals surface area contributed by atoms with Crippen LogP contribution in [-0.2, 0) is 16.9 Å². The van der Waals surface area contributed by atoms with Crippen LogP contribution in [0.25, 0.3) is 10.9 Å². The van der Waals surface area contributed by atoms with Crippen molar-refractivity contribution in [2.45, 2.75) is 60.5 Å². The van der Waals surface area contributed by atoms with Crippen molar-refractivity contribution in [2.24, 2.45) is 0 Å². The zero-order chi connectivity index (χ0) is 20.8. The van der Waals surface area contributed by atoms with E-state index in [0.29, 0.717) is 16.6 Å². The molecule has 0 spiro atoms. The molecule has 2 aromatic heterocycles. The zero-order valence-electron chi connectivity index (χ0n) is 17.5. The Morgan fingerprint density at radius 2 is 1.71 bits per heavy atom. The van der Waals surface area contributed by atoms with Crippen LogP contribution in [0.2, 0.25) is 0 Å². The summed E-state index contributed by atoms with van der Waals surface area (Å²) in [5.41, 5.74) is 4.36. The first-order chi connectivity index (χ1) is 13.0. The monoisotopic (exact) mass is 381 g/mol. The van der Waals surface area contributed by atoms with E-state index >= 15 is 0 Å². The summed E-state index contributed by atoms with van der Waals surface area (Å²) in [7, 11) is 0. The molecule has 0 radical (unpaired) electrons. The quantitative estimate of drug-likeness (QED) is 0.755. The molecule has 0 saturated heterocycles. The molecular weight excluding hydrogens is 354 g/mol. The van der Waals surface area contributed by atoms with Crippen molar-refractivity contribution in [3.8, 4) is 0 Å². The van der Waals surface area contributed by atoms with E-state index in [1.54, 1.807) is 10.9 Å². The number of hydrogen-bond acceptors (Lipinski definition) is 4. The van der Waals surface area contributed by atoms with Crippen molar-refractivity contribution in [3.05, 3.63) is 51.1 Å². The number of hydrogen-bond donors (Lipinski definition) is 1. The van der Waals surface area contributed by atoms with Crippen LogP contribution in [0.3, 0.4) is 0 Å². The molecule has 7 heteroatoms. The van der Waals surface area contributed by atoms with Crippen LogP contribution in [-0.4, -0.2) is 25.5 Å². The third-order valence-electron chi connectivity index (χ3n) is 4.74. The SMILES string of the molecule is Cc1cc(C)c(NC(=O)Cn2nc(C)c3cnn(C(C)(C)C)c3c2=O)c(C)c1. The molecule has 148 valence electrons. The summed E-state index contributed by atoms with van der Waals surface area (Å²) < 4.78 is 2.91. The lowest BCUT2D eigenvalue weighted by molar-refractivity contribution is -0.117. The molecule has 0 bridgehead atoms. The van der Waals surface area contributed by atoms with Gasteiger partial charge in [0.2, 0.25) is 5.91 Å². The second-order valence-corrected chi connectivity index (χ2v) is 8.36. The molecule has 0 aliphatic rings. The predicted octanol–water partition coefficient (Wildman–Crippen LogP) is 3.22. The number of benzene rings is 1. The number of anilines is 1. The average molecular weight is 381 g/mol. The van der Waals surface area contributed by atoms with Crippen molar-refractivity contribution in [1.29, 1.82) is 0 Å². The fourth-order valence-corrected chi connectivity index (χ4v) is 3.53. The van der Waals surface area contributed by atoms with Gasteiger partial charge in [-0.2, -0.15) is 10.2 Å². The first-order valence-electron chi connectivity index (χ1n) is 9.32. The maximum absolute atomic E-state index is 13.0. The van der Waals surface area contributed by atoms with Crippen LogP contribution in [0, 0.1) is 27.7 Å². The summed E-state index contributed by atoms with van der Waals surface area (Å²) in [6.07, 6.45) is 1.66. The maximum atomic E-state index is 13.0. The number of carbonyl (C=O) groups excluding carboxylic acids is 1. The van der Waals surface area contributed by atoms with Gasteiger partial charge in [-0.1, -0.05) is 17.7 Å². The Labute approximate surface area is 164 Å². The van der Waals surface area contributed by atoms with E-state index in [2.05, 4.69) is 15.5 Å². The van der Waals surface area contributed by atoms with Gasteiger partial charge in [0, 0.05) is 11.1 Å². The molecule has 1 amide bonds. The summed E-state index contributed by atoms with van der Waals surface area (Å²) in [5.74, 6) is -0.287. The van der Waals surface area contributed by atoms with Crippen molar-refractivity contribution < 1.29 is 4.79 Å². The van der Waals surface area contributed by atoms with Gasteiger partial charge in [-0.3, -0.25) is 14.3 Å². The van der Waals surface area contributed by atoms with E-state index < -0.39 is 0 Å². The van der Waals surface area contributed by atoms with Crippen molar-refractivity contribution >= 4 is 22.5 Å². The molecular formula is C21H27N5O2. The van der Waals surface area contributed by atoms with Crippen LogP contribution in [0.5, 0.6) is 0 Å². The summed E-state index contributed by atoms with van der Waals surface area (Å²) in [6.45, 7) is 13.5. The van der Waals surface area contributed by atoms with Gasteiger partial charge < -0.3 is 5.32 Å². The van der Waals surface area contributed by atoms with Gasteiger partial charge in [0.25, 0.3) is 5.56 Å². The van der Waals surface area contributed by atoms with Gasteiger partial charge in [-0.15, -0.1) is 0 Å². The van der Waals surface area contributed by atoms with Gasteiger partial charge in [0.05, 0.1) is 17.4 Å². The van der Waals surface area contributed by atoms with Crippen LogP contribution in [0.1, 0.15) is 43.2 Å². The van der Waals surface area contributed by atoms with E-state index in [1.807, 2.05) is 60.6 Å². The molecule has 0 aliphatic carbocycles. The van der Waals surface area contributed by atoms with Crippen molar-refractivity contribution in [2.75, 3.05) is 5.32 Å². The third kappa shape index (κ3) is 3.56. The number of fused-ring (bicyclic) bond motifs is 1. The van der Waals surface area contributed by atoms with Crippen molar-refractivity contribution in [1.82, 2.24) is 19.6 Å². The Hall–Kier alpha value is -2.96. The number of nitrogens with one attached hydrogen (secondary N) is 1. The number of nitrogens with zero attached hydrogens (tertiary/aromatic N) is 4. The van der Waals surface area contributed by atoms with Crippen molar-refractivity contribution in [3.63, 3.8) is 0 Å². The van der Waals surface area contributed by atoms with E-state index in [1.165, 1.54) is 4.68 Å². The molecule has 3 rings (SSSR count). The number of carbonyl (C=O) groups is 1. The fourth-order valence-electron chi connectivity index (χ4n) is 3.53. The van der Waals surface area contributed by atoms with Crippen LogP contribution < -0.4 is 10.9 Å². The first kappa shape index (κ1) is 19.8. The molecule has 3 aromatic rings. The Kier molecular flexibility index (Phi) is 4.87. The Morgan fingerprint density at radius 1 is 1.11 bits per heavy atom. The average Bonchev–Trinajstić information content (AvgIpc) is 3.02. The van der Waals surface area contributed by atoms with Gasteiger partial charge >= 0.3 is 0 Å². The number of aromatic nitrogens is 4. The predicted molar refractivity (Wildman–Crippen MR) is 111 cm³/mol. The topological polar surface area (TPSA) is 81.8 Å². The molecule has 7 nitrogen and oxygen atoms in total. The van der Waals surface area contributed by atoms with Crippen LogP contribution >= 0.6 is 0 Å². The Balaban J connectivity index is 1.98. The van der Waals surface area contributed by atoms with Gasteiger partial charge in [0.1, 0.15) is 12.1 Å². The van der Waals surface area contributed by atoms with Crippen LogP contribution in [0.4, 0.5) is 5.69 Å². The fraction of sp³-hybridized carbons (Fsp3) is 0.429. The van der Waals surface area contributed by atoms with E-state index in [9.17, 15) is 9.59 Å². The minimum absolute atomic E-state index is 0.155. The minimum atomic E-state index is -0.356. The smallest absolute Gasteiger partial charge is 0.293 e. The molecule has 0 unspecified atom stereocenters. The molecule has 0 saturated carbocycles. The lowest BCUT2D eigenvalue weighted by atomic mass is 10.1. The highest BCUT2D eigenvalue weighted by Crippen LogP contribution is 2.22. The summed E-state index contributed by atoms with van der Waals surface area (Å²) >= 11 is 0. The summed E-state index contributed by atoms with van der Waals surface area (Å²) in [5, 5.41) is 12.3. The summed E-state index contributed by atoms with van der Waals surface area (Å²) in [6, 6.07) is 4.04. The second-order valence-electron chi connectivity index (χ2n) is 8.36. The van der Waals surface area contributed by atoms with E-state index in [-0.39, 0.29) is 23.6 Å². The van der Waals surface area contributed by atoms with Gasteiger partial charge in [-0.25, -0.2) is 4.68 Å². The molecule has 0 atom stereocenters. The molecule has 1 N–H and O–H groups in total. The third-order valence-corrected chi connectivity index (χ3v) is 4.74. The number of amides is 1. The van der Waals surface area contributed by atoms with Crippen LogP contribution in [0.15, 0.2) is 23.1 Å². The maximum Gasteiger partial charge on any atom is 0.293 e. The highest BCUT2D eigenvalue weighted by molar-refractivity contribution is 5.92. The zero-order valence-corrected chi connectivity index (χ0v) is 17.5. The Morgan fingerprint density at radius 3 is 2.29 bits per heavy atom. The molecule has 1 aromatic carbocycles. The minimum Gasteiger partial charge on any atom is -0.324 e.